The third kappa shape index (κ3) is 15.5. The SMILES string of the molecule is CC[C@@H](C)NC(=O)Cn1c(CCn2ccccc2=O)nc2c3c(ccc21)N(C(=O)OC)[C@@H](C)CC3.COC(=O)N1c2ccc3c(nc(CC4CCOCC4)n3[C@@H]3CCC[C@@H](C(C)=O)C3)c2CC[C@@H]1C.COC(=O)N1c2ccc3c(nc(CCn4ccccc4=O)n3CCN3CC4(COC4)C3)c2CC[C@@H]1C. The quantitative estimate of drug-likeness (QED) is 0.0832. The third-order valence-electron chi connectivity index (χ3n) is 23.1. The molecule has 15 rings (SSSR count). The summed E-state index contributed by atoms with van der Waals surface area (Å²) in [7, 11) is 4.25. The summed E-state index contributed by atoms with van der Waals surface area (Å²) in [6.45, 7) is 20.4. The Bertz CT molecular complexity index is 4630. The van der Waals surface area contributed by atoms with Crippen LogP contribution in [0.3, 0.4) is 0 Å². The molecule has 1 N–H and O–H groups in total. The van der Waals surface area contributed by atoms with Crippen molar-refractivity contribution in [1.29, 1.82) is 0 Å². The summed E-state index contributed by atoms with van der Waals surface area (Å²) in [5.41, 5.74) is 12.0. The summed E-state index contributed by atoms with van der Waals surface area (Å²) in [5.74, 6) is 3.76. The number of benzene rings is 3. The maximum atomic E-state index is 12.8. The van der Waals surface area contributed by atoms with Crippen molar-refractivity contribution < 1.29 is 47.7 Å². The molecule has 560 valence electrons. The summed E-state index contributed by atoms with van der Waals surface area (Å²) in [5, 5.41) is 3.03. The maximum Gasteiger partial charge on any atom is 0.414 e. The van der Waals surface area contributed by atoms with Gasteiger partial charge < -0.3 is 56.7 Å². The second-order valence-corrected chi connectivity index (χ2v) is 30.1. The van der Waals surface area contributed by atoms with E-state index in [4.69, 9.17) is 38.6 Å². The van der Waals surface area contributed by atoms with E-state index >= 15 is 0 Å². The molecule has 11 heterocycles. The van der Waals surface area contributed by atoms with Crippen LogP contribution in [0.5, 0.6) is 0 Å². The third-order valence-corrected chi connectivity index (χ3v) is 23.1. The van der Waals surface area contributed by atoms with Crippen LogP contribution in [0.2, 0.25) is 0 Å². The minimum atomic E-state index is -0.395. The van der Waals surface area contributed by atoms with E-state index in [1.54, 1.807) is 55.2 Å². The lowest BCUT2D eigenvalue weighted by molar-refractivity contribution is -0.189. The molecule has 4 amide bonds. The summed E-state index contributed by atoms with van der Waals surface area (Å²) < 4.78 is 36.3. The first-order chi connectivity index (χ1) is 50.8. The molecule has 5 aromatic heterocycles. The molecule has 1 saturated carbocycles. The molecule has 6 aliphatic heterocycles. The first-order valence-electron chi connectivity index (χ1n) is 37.9. The van der Waals surface area contributed by atoms with Gasteiger partial charge in [-0.15, -0.1) is 0 Å². The van der Waals surface area contributed by atoms with Crippen molar-refractivity contribution in [3.05, 3.63) is 140 Å². The fraction of sp³-hybridized carbons (Fsp3) is 0.550. The number of carbonyl (C=O) groups excluding carboxylic acids is 5. The van der Waals surface area contributed by atoms with Gasteiger partial charge in [0.2, 0.25) is 5.91 Å². The number of aromatic nitrogens is 8. The normalized spacial score (nSPS) is 20.8. The number of Topliss-reactive ketones (excluding diaryl/α,β-unsaturated/α-hetero) is 1. The van der Waals surface area contributed by atoms with Crippen LogP contribution in [-0.2, 0) is 98.0 Å². The largest absolute Gasteiger partial charge is 0.452 e. The summed E-state index contributed by atoms with van der Waals surface area (Å²) in [4.78, 5) is 110. The lowest BCUT2D eigenvalue weighted by atomic mass is 9.78. The monoisotopic (exact) mass is 1440 g/mol. The van der Waals surface area contributed by atoms with Crippen molar-refractivity contribution in [3.63, 3.8) is 0 Å². The van der Waals surface area contributed by atoms with Gasteiger partial charge in [0, 0.05) is 155 Å². The summed E-state index contributed by atoms with van der Waals surface area (Å²) in [6, 6.07) is 23.0. The van der Waals surface area contributed by atoms with Crippen molar-refractivity contribution in [2.45, 2.75) is 201 Å². The summed E-state index contributed by atoms with van der Waals surface area (Å²) in [6.07, 6.45) is 16.7. The Hall–Kier alpha value is -9.20. The molecule has 3 aromatic carbocycles. The fourth-order valence-corrected chi connectivity index (χ4v) is 17.0. The number of rotatable bonds is 17. The molecular weight excluding hydrogens is 1330 g/mol. The molecule has 7 aliphatic rings. The molecule has 105 heavy (non-hydrogen) atoms. The first kappa shape index (κ1) is 74.1. The molecule has 8 aromatic rings. The second kappa shape index (κ2) is 32.3. The number of hydrogen-bond donors (Lipinski definition) is 1. The van der Waals surface area contributed by atoms with Gasteiger partial charge in [-0.05, 0) is 166 Å². The van der Waals surface area contributed by atoms with E-state index < -0.39 is 6.09 Å². The molecule has 0 radical (unpaired) electrons. The van der Waals surface area contributed by atoms with Crippen molar-refractivity contribution in [2.75, 3.05) is 82.1 Å². The highest BCUT2D eigenvalue weighted by molar-refractivity contribution is 5.98. The number of carbonyl (C=O) groups is 5. The highest BCUT2D eigenvalue weighted by Crippen LogP contribution is 2.44. The van der Waals surface area contributed by atoms with Gasteiger partial charge >= 0.3 is 18.3 Å². The summed E-state index contributed by atoms with van der Waals surface area (Å²) >= 11 is 0. The highest BCUT2D eigenvalue weighted by atomic mass is 16.6. The van der Waals surface area contributed by atoms with Gasteiger partial charge in [0.05, 0.1) is 84.7 Å². The van der Waals surface area contributed by atoms with Gasteiger partial charge in [-0.3, -0.25) is 33.9 Å². The Morgan fingerprint density at radius 2 is 1.07 bits per heavy atom. The zero-order valence-electron chi connectivity index (χ0n) is 62.5. The van der Waals surface area contributed by atoms with Gasteiger partial charge in [-0.25, -0.2) is 29.3 Å². The van der Waals surface area contributed by atoms with E-state index in [1.165, 1.54) is 27.4 Å². The van der Waals surface area contributed by atoms with E-state index in [2.05, 4.69) is 51.4 Å². The lowest BCUT2D eigenvalue weighted by Gasteiger charge is -2.55. The number of aryl methyl sites for hydroxylation is 7. The molecule has 25 nitrogen and oxygen atoms in total. The number of likely N-dealkylation sites (tertiary alicyclic amines) is 1. The van der Waals surface area contributed by atoms with Crippen molar-refractivity contribution >= 4 is 80.1 Å². The maximum absolute atomic E-state index is 12.8. The predicted octanol–water partition coefficient (Wildman–Crippen LogP) is 11.2. The molecule has 25 heteroatoms. The van der Waals surface area contributed by atoms with Crippen molar-refractivity contribution in [1.82, 2.24) is 48.0 Å². The number of methoxy groups -OCH3 is 3. The number of imidazole rings is 3. The Morgan fingerprint density at radius 3 is 1.54 bits per heavy atom. The van der Waals surface area contributed by atoms with Crippen molar-refractivity contribution in [3.8, 4) is 0 Å². The Morgan fingerprint density at radius 1 is 0.581 bits per heavy atom. The van der Waals surface area contributed by atoms with Crippen LogP contribution in [0.4, 0.5) is 31.4 Å². The van der Waals surface area contributed by atoms with Gasteiger partial charge in [0.1, 0.15) is 29.8 Å². The zero-order chi connectivity index (χ0) is 73.8. The minimum absolute atomic E-state index is 0.00570. The number of ether oxygens (including phenoxy) is 5. The molecule has 4 fully saturated rings. The van der Waals surface area contributed by atoms with E-state index in [0.717, 1.165) is 227 Å². The number of ketones is 1. The van der Waals surface area contributed by atoms with Crippen LogP contribution in [0, 0.1) is 17.3 Å². The Kier molecular flexibility index (Phi) is 22.8. The number of anilines is 3. The average molecular weight is 1440 g/mol. The van der Waals surface area contributed by atoms with Crippen LogP contribution in [0.25, 0.3) is 33.1 Å². The Balaban J connectivity index is 0.000000140. The van der Waals surface area contributed by atoms with E-state index in [-0.39, 0.29) is 65.8 Å². The minimum Gasteiger partial charge on any atom is -0.452 e. The van der Waals surface area contributed by atoms with Crippen LogP contribution in [0.1, 0.15) is 146 Å². The molecular formula is C80H103N13O12. The molecule has 1 spiro atoms. The molecule has 6 atom stereocenters. The van der Waals surface area contributed by atoms with Gasteiger partial charge in [0.15, 0.2) is 0 Å². The lowest BCUT2D eigenvalue weighted by Crippen LogP contribution is -2.66. The fourth-order valence-electron chi connectivity index (χ4n) is 17.0. The smallest absolute Gasteiger partial charge is 0.414 e. The average Bonchev–Trinajstić information content (AvgIpc) is 1.66. The van der Waals surface area contributed by atoms with Crippen LogP contribution >= 0.6 is 0 Å². The Labute approximate surface area is 613 Å². The van der Waals surface area contributed by atoms with Crippen LogP contribution in [-0.4, -0.2) is 164 Å². The molecule has 1 aliphatic carbocycles. The number of nitrogens with one attached hydrogen (secondary N) is 1. The number of amides is 4. The molecule has 0 unspecified atom stereocenters. The molecule has 3 saturated heterocycles. The van der Waals surface area contributed by atoms with Gasteiger partial charge in [-0.2, -0.15) is 0 Å². The van der Waals surface area contributed by atoms with Gasteiger partial charge in [-0.1, -0.05) is 25.5 Å². The molecule has 0 bridgehead atoms. The van der Waals surface area contributed by atoms with E-state index in [0.29, 0.717) is 49.1 Å². The number of fused-ring (bicyclic) bond motifs is 9. The second-order valence-electron chi connectivity index (χ2n) is 30.1. The predicted molar refractivity (Wildman–Crippen MR) is 403 cm³/mol. The number of nitrogens with zero attached hydrogens (tertiary/aromatic N) is 12. The first-order valence-corrected chi connectivity index (χ1v) is 37.9. The van der Waals surface area contributed by atoms with Gasteiger partial charge in [0.25, 0.3) is 11.1 Å². The van der Waals surface area contributed by atoms with Crippen LogP contribution < -0.4 is 31.1 Å². The van der Waals surface area contributed by atoms with Crippen LogP contribution in [0.15, 0.2) is 94.8 Å². The topological polar surface area (TPSA) is 254 Å². The standard InChI is InChI=1S/C27H33N5O4.C27H37N3O4.C26H33N5O4/c1-19-6-7-20-21(32(19)26(34)35-2)8-9-22-25(20)28-23(10-12-30-11-4-3-5-24(30)33)31(22)14-13-29-15-27(16-29)17-36-18-27;1-17-7-8-22-23(29(17)27(32)33-3)9-10-24-26(22)28-25(15-19-11-13-34-14-12-19)30(24)21-6-4-5-20(16-21)18(2)31;1-5-17(2)27-23(32)16-30-21-12-11-20-19(10-9-18(3)31(20)26(34)35-4)25(21)28-22(30)13-15-29-14-7-6-8-24(29)33/h3-5,8-9,11,19H,6-7,10,12-18H2,1-2H3;9-10,17,19-21H,4-8,11-16H2,1-3H3;6-8,11-12,14,17-18H,5,9-10,13,15-16H2,1-4H3,(H,27,32)/t19-;17-,20+,21+;17-,18+/m001/s1. The number of pyridine rings is 2. The highest BCUT2D eigenvalue weighted by Gasteiger charge is 2.49. The van der Waals surface area contributed by atoms with Crippen molar-refractivity contribution in [2.24, 2.45) is 17.3 Å². The van der Waals surface area contributed by atoms with E-state index in [1.807, 2.05) is 61.9 Å². The number of hydrogen-bond acceptors (Lipinski definition) is 16. The zero-order valence-corrected chi connectivity index (χ0v) is 62.5. The van der Waals surface area contributed by atoms with E-state index in [9.17, 15) is 33.6 Å².